The number of benzene rings is 2. The van der Waals surface area contributed by atoms with Crippen molar-refractivity contribution >= 4 is 11.8 Å². The number of ether oxygens (including phenoxy) is 1. The van der Waals surface area contributed by atoms with Crippen molar-refractivity contribution in [2.75, 3.05) is 51.3 Å². The van der Waals surface area contributed by atoms with E-state index in [1.54, 1.807) is 23.1 Å². The molecule has 0 aliphatic carbocycles. The highest BCUT2D eigenvalue weighted by Crippen LogP contribution is 2.34. The first-order chi connectivity index (χ1) is 17.5. The van der Waals surface area contributed by atoms with Gasteiger partial charge >= 0.3 is 0 Å². The normalized spacial score (nSPS) is 18.5. The van der Waals surface area contributed by atoms with Crippen molar-refractivity contribution in [3.8, 4) is 11.3 Å². The molecule has 2 saturated heterocycles. The van der Waals surface area contributed by atoms with E-state index in [1.165, 1.54) is 30.3 Å². The summed E-state index contributed by atoms with van der Waals surface area (Å²) >= 11 is 0. The van der Waals surface area contributed by atoms with Gasteiger partial charge in [-0.2, -0.15) is 0 Å². The molecule has 1 aromatic heterocycles. The van der Waals surface area contributed by atoms with Crippen LogP contribution in [-0.4, -0.2) is 73.3 Å². The van der Waals surface area contributed by atoms with E-state index in [4.69, 9.17) is 9.26 Å². The minimum Gasteiger partial charge on any atom is -0.376 e. The molecule has 2 aliphatic heterocycles. The van der Waals surface area contributed by atoms with Crippen LogP contribution in [0.25, 0.3) is 11.3 Å². The lowest BCUT2D eigenvalue weighted by atomic mass is 10.1. The van der Waals surface area contributed by atoms with Crippen molar-refractivity contribution in [1.82, 2.24) is 15.0 Å². The maximum atomic E-state index is 14.0. The molecule has 0 bridgehead atoms. The van der Waals surface area contributed by atoms with Crippen LogP contribution in [0.5, 0.6) is 0 Å². The lowest BCUT2D eigenvalue weighted by Crippen LogP contribution is -2.45. The summed E-state index contributed by atoms with van der Waals surface area (Å²) in [6.45, 7) is 4.48. The summed E-state index contributed by atoms with van der Waals surface area (Å²) in [5, 5.41) is 4.36. The van der Waals surface area contributed by atoms with Crippen LogP contribution in [-0.2, 0) is 11.3 Å². The van der Waals surface area contributed by atoms with Gasteiger partial charge in [0.05, 0.1) is 18.2 Å². The average molecular weight is 497 g/mol. The molecule has 0 spiro atoms. The van der Waals surface area contributed by atoms with Gasteiger partial charge in [-0.05, 0) is 62.4 Å². The number of likely N-dealkylation sites (N-methyl/N-ethyl adjacent to an activating group) is 1. The molecule has 2 aliphatic rings. The first kappa shape index (κ1) is 24.4. The Balaban J connectivity index is 1.52. The van der Waals surface area contributed by atoms with E-state index in [1.807, 2.05) is 0 Å². The summed E-state index contributed by atoms with van der Waals surface area (Å²) in [7, 11) is 2.07. The second-order valence-electron chi connectivity index (χ2n) is 9.44. The fraction of sp³-hybridized carbons (Fsp3) is 0.407. The molecule has 0 radical (unpaired) electrons. The Bertz CT molecular complexity index is 1190. The average Bonchev–Trinajstić information content (AvgIpc) is 3.54. The minimum atomic E-state index is -0.465. The summed E-state index contributed by atoms with van der Waals surface area (Å²) in [6, 6.07) is 11.8. The monoisotopic (exact) mass is 496 g/mol. The van der Waals surface area contributed by atoms with Crippen LogP contribution in [0.1, 0.15) is 28.8 Å². The molecule has 0 unspecified atom stereocenters. The van der Waals surface area contributed by atoms with Gasteiger partial charge in [-0.3, -0.25) is 4.79 Å². The Labute approximate surface area is 209 Å². The lowest BCUT2D eigenvalue weighted by molar-refractivity contribution is 0.0507. The van der Waals surface area contributed by atoms with E-state index < -0.39 is 5.82 Å². The molecule has 7 nitrogen and oxygen atoms in total. The molecular weight excluding hydrogens is 466 g/mol. The topological polar surface area (TPSA) is 62.1 Å². The van der Waals surface area contributed by atoms with Crippen molar-refractivity contribution < 1.29 is 22.8 Å². The number of nitrogens with zero attached hydrogens (tertiary/aromatic N) is 4. The number of carbonyl (C=O) groups excluding carboxylic acids is 1. The summed E-state index contributed by atoms with van der Waals surface area (Å²) in [5.74, 6) is -0.496. The Morgan fingerprint density at radius 1 is 1.08 bits per heavy atom. The first-order valence-electron chi connectivity index (χ1n) is 12.3. The van der Waals surface area contributed by atoms with E-state index >= 15 is 0 Å². The number of rotatable bonds is 7. The zero-order valence-corrected chi connectivity index (χ0v) is 20.3. The van der Waals surface area contributed by atoms with Crippen LogP contribution in [0, 0.1) is 11.6 Å². The van der Waals surface area contributed by atoms with E-state index in [0.717, 1.165) is 44.6 Å². The molecule has 3 heterocycles. The minimum absolute atomic E-state index is 0.0938. The van der Waals surface area contributed by atoms with Crippen LogP contribution in [0.2, 0.25) is 0 Å². The van der Waals surface area contributed by atoms with Crippen LogP contribution in [0.15, 0.2) is 53.1 Å². The number of piperazine rings is 1. The lowest BCUT2D eigenvalue weighted by Gasteiger charge is -2.33. The van der Waals surface area contributed by atoms with Crippen molar-refractivity contribution in [1.29, 1.82) is 0 Å². The molecule has 1 atom stereocenters. The molecule has 36 heavy (non-hydrogen) atoms. The molecular formula is C27H30F2N4O3. The van der Waals surface area contributed by atoms with Crippen molar-refractivity contribution in [2.24, 2.45) is 0 Å². The maximum Gasteiger partial charge on any atom is 0.254 e. The molecule has 2 fully saturated rings. The number of hydrogen-bond donors (Lipinski definition) is 0. The van der Waals surface area contributed by atoms with Gasteiger partial charge in [0, 0.05) is 50.5 Å². The Morgan fingerprint density at radius 2 is 1.86 bits per heavy atom. The Hall–Kier alpha value is -3.30. The van der Waals surface area contributed by atoms with Crippen molar-refractivity contribution in [2.45, 2.75) is 25.5 Å². The molecule has 0 saturated carbocycles. The second-order valence-corrected chi connectivity index (χ2v) is 9.44. The number of carbonyl (C=O) groups is 1. The highest BCUT2D eigenvalue weighted by Gasteiger charge is 2.30. The highest BCUT2D eigenvalue weighted by atomic mass is 19.1. The number of hydrogen-bond acceptors (Lipinski definition) is 6. The Morgan fingerprint density at radius 3 is 2.56 bits per heavy atom. The van der Waals surface area contributed by atoms with Crippen LogP contribution >= 0.6 is 0 Å². The zero-order valence-electron chi connectivity index (χ0n) is 20.3. The Kier molecular flexibility index (Phi) is 7.29. The third kappa shape index (κ3) is 5.42. The summed E-state index contributed by atoms with van der Waals surface area (Å²) in [4.78, 5) is 19.7. The van der Waals surface area contributed by atoms with Crippen LogP contribution in [0.4, 0.5) is 14.7 Å². The highest BCUT2D eigenvalue weighted by molar-refractivity contribution is 5.94. The van der Waals surface area contributed by atoms with Gasteiger partial charge in [0.15, 0.2) is 0 Å². The van der Waals surface area contributed by atoms with E-state index in [0.29, 0.717) is 30.3 Å². The van der Waals surface area contributed by atoms with Gasteiger partial charge in [0.2, 0.25) is 5.88 Å². The van der Waals surface area contributed by atoms with Gasteiger partial charge in [0.25, 0.3) is 5.91 Å². The summed E-state index contributed by atoms with van der Waals surface area (Å²) in [6.07, 6.45) is 1.70. The van der Waals surface area contributed by atoms with Gasteiger partial charge in [-0.15, -0.1) is 0 Å². The van der Waals surface area contributed by atoms with Crippen molar-refractivity contribution in [3.63, 3.8) is 0 Å². The van der Waals surface area contributed by atoms with Crippen LogP contribution < -0.4 is 4.90 Å². The third-order valence-electron chi connectivity index (χ3n) is 6.83. The molecule has 3 aromatic rings. The van der Waals surface area contributed by atoms with Gasteiger partial charge in [-0.1, -0.05) is 11.2 Å². The predicted molar refractivity (Wildman–Crippen MR) is 132 cm³/mol. The molecule has 0 N–H and O–H groups in total. The summed E-state index contributed by atoms with van der Waals surface area (Å²) in [5.41, 5.74) is 2.28. The molecule has 1 amide bonds. The molecule has 2 aromatic carbocycles. The quantitative estimate of drug-likeness (QED) is 0.489. The fourth-order valence-corrected chi connectivity index (χ4v) is 4.78. The number of anilines is 1. The number of halogens is 2. The largest absolute Gasteiger partial charge is 0.376 e. The van der Waals surface area contributed by atoms with E-state index in [9.17, 15) is 13.6 Å². The smallest absolute Gasteiger partial charge is 0.254 e. The van der Waals surface area contributed by atoms with Crippen LogP contribution in [0.3, 0.4) is 0 Å². The fourth-order valence-electron chi connectivity index (χ4n) is 4.78. The zero-order chi connectivity index (χ0) is 25.1. The molecule has 9 heteroatoms. The predicted octanol–water partition coefficient (Wildman–Crippen LogP) is 4.19. The van der Waals surface area contributed by atoms with E-state index in [2.05, 4.69) is 22.0 Å². The standard InChI is InChI=1S/C27H30F2N4O3/c1-31-11-13-32(14-12-31)27-24(25(30-36-27)19-7-9-21(28)10-8-19)18-33(17-23-6-3-15-35-23)26(34)20-4-2-5-22(29)16-20/h2,4-5,7-10,16,23H,3,6,11-15,17-18H2,1H3/t23-/m1/s1. The SMILES string of the molecule is CN1CCN(c2onc(-c3ccc(F)cc3)c2CN(C[C@H]2CCCO2)C(=O)c2cccc(F)c2)CC1. The van der Waals surface area contributed by atoms with Gasteiger partial charge in [-0.25, -0.2) is 8.78 Å². The maximum absolute atomic E-state index is 14.0. The number of aromatic nitrogens is 1. The van der Waals surface area contributed by atoms with Crippen molar-refractivity contribution in [3.05, 3.63) is 71.3 Å². The summed E-state index contributed by atoms with van der Waals surface area (Å²) < 4.78 is 39.3. The van der Waals surface area contributed by atoms with Gasteiger partial charge < -0.3 is 24.0 Å². The molecule has 5 rings (SSSR count). The van der Waals surface area contributed by atoms with Gasteiger partial charge in [0.1, 0.15) is 17.3 Å². The third-order valence-corrected chi connectivity index (χ3v) is 6.83. The molecule has 190 valence electrons. The van der Waals surface area contributed by atoms with E-state index in [-0.39, 0.29) is 29.9 Å². The second kappa shape index (κ2) is 10.8. The first-order valence-corrected chi connectivity index (χ1v) is 12.3. The number of amides is 1.